The highest BCUT2D eigenvalue weighted by molar-refractivity contribution is 5.72. The Morgan fingerprint density at radius 2 is 1.91 bits per heavy atom. The zero-order chi connectivity index (χ0) is 22.8. The number of ether oxygens (including phenoxy) is 2. The number of nitrogens with zero attached hydrogens (tertiary/aromatic N) is 1. The van der Waals surface area contributed by atoms with E-state index in [2.05, 4.69) is 22.3 Å². The molecule has 0 bridgehead atoms. The maximum Gasteiger partial charge on any atom is 0.216 e. The third-order valence-electron chi connectivity index (χ3n) is 5.64. The summed E-state index contributed by atoms with van der Waals surface area (Å²) in [5.74, 6) is 0.553. The van der Waals surface area contributed by atoms with Crippen molar-refractivity contribution in [1.29, 1.82) is 0 Å². The summed E-state index contributed by atoms with van der Waals surface area (Å²) in [7, 11) is 0. The molecule has 1 amide bonds. The highest BCUT2D eigenvalue weighted by Crippen LogP contribution is 2.26. The van der Waals surface area contributed by atoms with Crippen molar-refractivity contribution in [3.05, 3.63) is 59.9 Å². The van der Waals surface area contributed by atoms with Crippen LogP contribution in [0.25, 0.3) is 0 Å². The molecule has 2 aromatic rings. The lowest BCUT2D eigenvalue weighted by Crippen LogP contribution is -2.37. The largest absolute Gasteiger partial charge is 0.494 e. The molecule has 174 valence electrons. The second kappa shape index (κ2) is 11.8. The van der Waals surface area contributed by atoms with Crippen LogP contribution in [0.2, 0.25) is 0 Å². The number of carbonyl (C=O) groups excluding carboxylic acids is 1. The summed E-state index contributed by atoms with van der Waals surface area (Å²) in [6.07, 6.45) is 2.82. The van der Waals surface area contributed by atoms with E-state index in [1.807, 2.05) is 12.1 Å². The van der Waals surface area contributed by atoms with Gasteiger partial charge in [-0.1, -0.05) is 24.3 Å². The first-order valence-corrected chi connectivity index (χ1v) is 11.2. The fourth-order valence-electron chi connectivity index (χ4n) is 3.79. The quantitative estimate of drug-likeness (QED) is 0.549. The van der Waals surface area contributed by atoms with Crippen LogP contribution in [0, 0.1) is 5.82 Å². The van der Waals surface area contributed by atoms with Gasteiger partial charge in [0.2, 0.25) is 5.91 Å². The predicted octanol–water partition coefficient (Wildman–Crippen LogP) is 3.53. The van der Waals surface area contributed by atoms with E-state index in [4.69, 9.17) is 9.47 Å². The number of aliphatic hydroxyl groups is 1. The highest BCUT2D eigenvalue weighted by atomic mass is 19.1. The van der Waals surface area contributed by atoms with E-state index in [0.29, 0.717) is 26.0 Å². The molecule has 1 atom stereocenters. The lowest BCUT2D eigenvalue weighted by molar-refractivity contribution is -0.118. The lowest BCUT2D eigenvalue weighted by atomic mass is 9.96. The van der Waals surface area contributed by atoms with E-state index in [0.717, 1.165) is 38.2 Å². The molecular weight excluding hydrogens is 411 g/mol. The van der Waals surface area contributed by atoms with Gasteiger partial charge < -0.3 is 19.9 Å². The average Bonchev–Trinajstić information content (AvgIpc) is 2.96. The number of benzene rings is 2. The topological polar surface area (TPSA) is 71.0 Å². The fraction of sp³-hybridized carbons (Fsp3) is 0.480. The van der Waals surface area contributed by atoms with Crippen molar-refractivity contribution in [1.82, 2.24) is 10.2 Å². The number of hydrogen-bond donors (Lipinski definition) is 2. The Hall–Kier alpha value is -2.64. The second-order valence-electron chi connectivity index (χ2n) is 8.40. The highest BCUT2D eigenvalue weighted by Gasteiger charge is 2.31. The molecule has 7 heteroatoms. The minimum absolute atomic E-state index is 0.0288. The summed E-state index contributed by atoms with van der Waals surface area (Å²) in [5.41, 5.74) is 0.232. The van der Waals surface area contributed by atoms with Crippen molar-refractivity contribution in [2.45, 2.75) is 44.8 Å². The van der Waals surface area contributed by atoms with Crippen LogP contribution in [0.1, 0.15) is 38.2 Å². The van der Waals surface area contributed by atoms with Crippen molar-refractivity contribution in [2.24, 2.45) is 0 Å². The second-order valence-corrected chi connectivity index (χ2v) is 8.40. The number of carbonyl (C=O) groups is 1. The zero-order valence-corrected chi connectivity index (χ0v) is 18.7. The molecule has 0 radical (unpaired) electrons. The molecule has 1 aliphatic rings. The summed E-state index contributed by atoms with van der Waals surface area (Å²) in [4.78, 5) is 13.2. The Morgan fingerprint density at radius 3 is 2.66 bits per heavy atom. The SMILES string of the molecule is CC(=O)NCCCOc1ccc(CN2CCCC(O)(COc3ccccc3F)CC2)cc1. The Morgan fingerprint density at radius 1 is 1.12 bits per heavy atom. The van der Waals surface area contributed by atoms with Crippen molar-refractivity contribution in [3.63, 3.8) is 0 Å². The van der Waals surface area contributed by atoms with E-state index < -0.39 is 11.4 Å². The molecule has 1 unspecified atom stereocenters. The molecule has 2 N–H and O–H groups in total. The standard InChI is InChI=1S/C25H33FN2O4/c1-20(29)27-14-5-17-31-22-10-8-21(9-11-22)18-28-15-4-12-25(30,13-16-28)19-32-24-7-3-2-6-23(24)26/h2-3,6-11,30H,4-5,12-19H2,1H3,(H,27,29). The maximum atomic E-state index is 13.8. The molecule has 32 heavy (non-hydrogen) atoms. The summed E-state index contributed by atoms with van der Waals surface area (Å²) in [6, 6.07) is 14.3. The molecule has 0 aliphatic carbocycles. The monoisotopic (exact) mass is 444 g/mol. The van der Waals surface area contributed by atoms with Gasteiger partial charge in [-0.15, -0.1) is 0 Å². The van der Waals surface area contributed by atoms with Crippen molar-refractivity contribution in [2.75, 3.05) is 32.8 Å². The number of rotatable bonds is 10. The van der Waals surface area contributed by atoms with Gasteiger partial charge in [0.05, 0.1) is 12.2 Å². The number of amides is 1. The first-order valence-electron chi connectivity index (χ1n) is 11.2. The van der Waals surface area contributed by atoms with Gasteiger partial charge in [-0.2, -0.15) is 0 Å². The van der Waals surface area contributed by atoms with Gasteiger partial charge >= 0.3 is 0 Å². The van der Waals surface area contributed by atoms with Gasteiger partial charge in [0.15, 0.2) is 11.6 Å². The summed E-state index contributed by atoms with van der Waals surface area (Å²) in [5, 5.41) is 13.7. The smallest absolute Gasteiger partial charge is 0.216 e. The van der Waals surface area contributed by atoms with Crippen LogP contribution in [0.15, 0.2) is 48.5 Å². The van der Waals surface area contributed by atoms with Crippen LogP contribution in [0.3, 0.4) is 0 Å². The summed E-state index contributed by atoms with van der Waals surface area (Å²) >= 11 is 0. The third-order valence-corrected chi connectivity index (χ3v) is 5.64. The number of likely N-dealkylation sites (tertiary alicyclic amines) is 1. The molecule has 3 rings (SSSR count). The number of nitrogens with one attached hydrogen (secondary N) is 1. The Balaban J connectivity index is 1.42. The predicted molar refractivity (Wildman–Crippen MR) is 121 cm³/mol. The van der Waals surface area contributed by atoms with Crippen molar-refractivity contribution in [3.8, 4) is 11.5 Å². The van der Waals surface area contributed by atoms with E-state index in [-0.39, 0.29) is 18.3 Å². The molecule has 6 nitrogen and oxygen atoms in total. The Bertz CT molecular complexity index is 861. The fourth-order valence-corrected chi connectivity index (χ4v) is 3.79. The molecule has 1 fully saturated rings. The van der Waals surface area contributed by atoms with Crippen LogP contribution in [-0.4, -0.2) is 54.4 Å². The molecule has 2 aromatic carbocycles. The first kappa shape index (κ1) is 24.0. The van der Waals surface area contributed by atoms with Gasteiger partial charge in [0.1, 0.15) is 12.4 Å². The van der Waals surface area contributed by atoms with Crippen molar-refractivity contribution < 1.29 is 23.8 Å². The normalized spacial score (nSPS) is 19.2. The molecule has 0 aromatic heterocycles. The lowest BCUT2D eigenvalue weighted by Gasteiger charge is -2.27. The number of hydrogen-bond acceptors (Lipinski definition) is 5. The first-order chi connectivity index (χ1) is 15.4. The maximum absolute atomic E-state index is 13.8. The minimum atomic E-state index is -0.952. The van der Waals surface area contributed by atoms with Crippen LogP contribution in [0.4, 0.5) is 4.39 Å². The Labute approximate surface area is 189 Å². The van der Waals surface area contributed by atoms with E-state index in [9.17, 15) is 14.3 Å². The van der Waals surface area contributed by atoms with E-state index in [1.54, 1.807) is 18.2 Å². The third kappa shape index (κ3) is 7.80. The summed E-state index contributed by atoms with van der Waals surface area (Å²) in [6.45, 7) is 5.20. The van der Waals surface area contributed by atoms with Gasteiger partial charge in [-0.3, -0.25) is 9.69 Å². The molecule has 0 saturated carbocycles. The van der Waals surface area contributed by atoms with Crippen LogP contribution < -0.4 is 14.8 Å². The van der Waals surface area contributed by atoms with Gasteiger partial charge in [0.25, 0.3) is 0 Å². The summed E-state index contributed by atoms with van der Waals surface area (Å²) < 4.78 is 25.1. The Kier molecular flexibility index (Phi) is 8.88. The molecule has 1 heterocycles. The molecular formula is C25H33FN2O4. The molecule has 1 aliphatic heterocycles. The molecule has 0 spiro atoms. The minimum Gasteiger partial charge on any atom is -0.494 e. The van der Waals surface area contributed by atoms with Crippen LogP contribution in [0.5, 0.6) is 11.5 Å². The molecule has 1 saturated heterocycles. The number of para-hydroxylation sites is 1. The van der Waals surface area contributed by atoms with Crippen molar-refractivity contribution >= 4 is 5.91 Å². The van der Waals surface area contributed by atoms with Crippen LogP contribution in [-0.2, 0) is 11.3 Å². The van der Waals surface area contributed by atoms with E-state index >= 15 is 0 Å². The van der Waals surface area contributed by atoms with Gasteiger partial charge in [-0.25, -0.2) is 4.39 Å². The van der Waals surface area contributed by atoms with Gasteiger partial charge in [0, 0.05) is 26.6 Å². The van der Waals surface area contributed by atoms with Crippen LogP contribution >= 0.6 is 0 Å². The van der Waals surface area contributed by atoms with E-state index in [1.165, 1.54) is 18.6 Å². The average molecular weight is 445 g/mol. The van der Waals surface area contributed by atoms with Gasteiger partial charge in [-0.05, 0) is 62.1 Å². The zero-order valence-electron chi connectivity index (χ0n) is 18.7. The number of halogens is 1.